The van der Waals surface area contributed by atoms with E-state index in [0.717, 1.165) is 43.9 Å². The van der Waals surface area contributed by atoms with Crippen LogP contribution in [0, 0.1) is 0 Å². The maximum absolute atomic E-state index is 12.1. The maximum Gasteiger partial charge on any atom is 0.223 e. The van der Waals surface area contributed by atoms with E-state index in [1.165, 1.54) is 0 Å². The van der Waals surface area contributed by atoms with E-state index in [2.05, 4.69) is 20.5 Å². The van der Waals surface area contributed by atoms with E-state index in [9.17, 15) is 4.79 Å². The molecule has 1 saturated heterocycles. The van der Waals surface area contributed by atoms with Crippen LogP contribution in [-0.4, -0.2) is 51.5 Å². The number of likely N-dealkylation sites (tertiary alicyclic amines) is 1. The molecule has 0 unspecified atom stereocenters. The molecule has 1 aliphatic rings. The van der Waals surface area contributed by atoms with Crippen LogP contribution in [0.15, 0.2) is 36.5 Å². The van der Waals surface area contributed by atoms with Gasteiger partial charge in [-0.1, -0.05) is 23.4 Å². The molecule has 3 rings (SSSR count). The molecule has 1 aromatic heterocycles. The smallest absolute Gasteiger partial charge is 0.223 e. The van der Waals surface area contributed by atoms with E-state index in [1.54, 1.807) is 10.9 Å². The van der Waals surface area contributed by atoms with Crippen LogP contribution in [0.4, 0.5) is 0 Å². The average Bonchev–Trinajstić information content (AvgIpc) is 3.02. The van der Waals surface area contributed by atoms with Gasteiger partial charge in [-0.3, -0.25) is 14.4 Å². The zero-order valence-electron chi connectivity index (χ0n) is 14.6. The highest BCUT2D eigenvalue weighted by atomic mass is 16.5. The summed E-state index contributed by atoms with van der Waals surface area (Å²) in [4.78, 5) is 14.4. The standard InChI is InChI=1S/C18H25N5O2/c1-22-16(13-19-21-22)14-23-10-7-15(8-11-23)20-18(24)9-12-25-17-5-3-2-4-6-17/h2-6,13,15H,7-12,14H2,1H3,(H,20,24). The van der Waals surface area contributed by atoms with Crippen molar-refractivity contribution in [3.05, 3.63) is 42.2 Å². The zero-order valence-corrected chi connectivity index (χ0v) is 14.6. The van der Waals surface area contributed by atoms with Crippen LogP contribution in [0.3, 0.4) is 0 Å². The number of hydrogen-bond acceptors (Lipinski definition) is 5. The highest BCUT2D eigenvalue weighted by Gasteiger charge is 2.21. The Hall–Kier alpha value is -2.41. The van der Waals surface area contributed by atoms with Gasteiger partial charge in [-0.25, -0.2) is 0 Å². The lowest BCUT2D eigenvalue weighted by Gasteiger charge is -2.32. The van der Waals surface area contributed by atoms with Gasteiger partial charge in [-0.05, 0) is 25.0 Å². The molecule has 1 amide bonds. The highest BCUT2D eigenvalue weighted by Crippen LogP contribution is 2.13. The van der Waals surface area contributed by atoms with Gasteiger partial charge >= 0.3 is 0 Å². The number of para-hydroxylation sites is 1. The minimum atomic E-state index is 0.0604. The van der Waals surface area contributed by atoms with Crippen LogP contribution >= 0.6 is 0 Å². The van der Waals surface area contributed by atoms with Crippen LogP contribution in [-0.2, 0) is 18.4 Å². The first-order valence-electron chi connectivity index (χ1n) is 8.74. The number of benzene rings is 1. The first-order valence-corrected chi connectivity index (χ1v) is 8.74. The number of nitrogens with one attached hydrogen (secondary N) is 1. The summed E-state index contributed by atoms with van der Waals surface area (Å²) >= 11 is 0. The fraction of sp³-hybridized carbons (Fsp3) is 0.500. The van der Waals surface area contributed by atoms with Gasteiger partial charge < -0.3 is 10.1 Å². The summed E-state index contributed by atoms with van der Waals surface area (Å²) in [6, 6.07) is 9.83. The van der Waals surface area contributed by atoms with Crippen LogP contribution in [0.5, 0.6) is 5.75 Å². The third kappa shape index (κ3) is 5.29. The lowest BCUT2D eigenvalue weighted by Crippen LogP contribution is -2.44. The van der Waals surface area contributed by atoms with Crippen molar-refractivity contribution in [2.45, 2.75) is 31.8 Å². The Morgan fingerprint density at radius 1 is 1.28 bits per heavy atom. The molecular weight excluding hydrogens is 318 g/mol. The molecule has 134 valence electrons. The van der Waals surface area contributed by atoms with Crippen LogP contribution in [0.1, 0.15) is 25.0 Å². The normalized spacial score (nSPS) is 15.9. The molecule has 2 aromatic rings. The predicted molar refractivity (Wildman–Crippen MR) is 94.0 cm³/mol. The Labute approximate surface area is 148 Å². The van der Waals surface area contributed by atoms with Gasteiger partial charge in [0.1, 0.15) is 5.75 Å². The topological polar surface area (TPSA) is 72.3 Å². The number of ether oxygens (including phenoxy) is 1. The van der Waals surface area contributed by atoms with E-state index in [0.29, 0.717) is 13.0 Å². The fourth-order valence-corrected chi connectivity index (χ4v) is 3.00. The molecule has 0 saturated carbocycles. The summed E-state index contributed by atoms with van der Waals surface area (Å²) < 4.78 is 7.38. The second kappa shape index (κ2) is 8.62. The molecule has 0 radical (unpaired) electrons. The second-order valence-corrected chi connectivity index (χ2v) is 6.38. The summed E-state index contributed by atoms with van der Waals surface area (Å²) in [5.74, 6) is 0.860. The number of amides is 1. The van der Waals surface area contributed by atoms with E-state index in [-0.39, 0.29) is 11.9 Å². The van der Waals surface area contributed by atoms with Crippen molar-refractivity contribution in [1.29, 1.82) is 0 Å². The number of rotatable bonds is 7. The van der Waals surface area contributed by atoms with E-state index < -0.39 is 0 Å². The Balaban J connectivity index is 1.33. The monoisotopic (exact) mass is 343 g/mol. The van der Waals surface area contributed by atoms with Crippen LogP contribution in [0.25, 0.3) is 0 Å². The third-order valence-corrected chi connectivity index (χ3v) is 4.49. The van der Waals surface area contributed by atoms with Crippen LogP contribution in [0.2, 0.25) is 0 Å². The van der Waals surface area contributed by atoms with E-state index >= 15 is 0 Å². The van der Waals surface area contributed by atoms with Gasteiger partial charge in [0.2, 0.25) is 5.91 Å². The summed E-state index contributed by atoms with van der Waals surface area (Å²) in [5.41, 5.74) is 1.11. The molecule has 1 aliphatic heterocycles. The molecule has 1 N–H and O–H groups in total. The first-order chi connectivity index (χ1) is 12.2. The Morgan fingerprint density at radius 2 is 2.04 bits per heavy atom. The summed E-state index contributed by atoms with van der Waals surface area (Å²) in [6.07, 6.45) is 4.13. The summed E-state index contributed by atoms with van der Waals surface area (Å²) in [5, 5.41) is 11.0. The van der Waals surface area contributed by atoms with Gasteiger partial charge in [0.25, 0.3) is 0 Å². The molecule has 7 heteroatoms. The second-order valence-electron chi connectivity index (χ2n) is 6.38. The molecule has 7 nitrogen and oxygen atoms in total. The van der Waals surface area contributed by atoms with Crippen molar-refractivity contribution in [2.75, 3.05) is 19.7 Å². The average molecular weight is 343 g/mol. The number of carbonyl (C=O) groups is 1. The molecule has 1 aromatic carbocycles. The lowest BCUT2D eigenvalue weighted by molar-refractivity contribution is -0.122. The highest BCUT2D eigenvalue weighted by molar-refractivity contribution is 5.76. The molecule has 25 heavy (non-hydrogen) atoms. The molecule has 2 heterocycles. The van der Waals surface area contributed by atoms with Crippen molar-refractivity contribution < 1.29 is 9.53 Å². The SMILES string of the molecule is Cn1nncc1CN1CCC(NC(=O)CCOc2ccccc2)CC1. The Bertz CT molecular complexity index is 665. The number of aryl methyl sites for hydroxylation is 1. The number of piperidine rings is 1. The number of nitrogens with zero attached hydrogens (tertiary/aromatic N) is 4. The molecule has 0 atom stereocenters. The molecule has 0 aliphatic carbocycles. The number of hydrogen-bond donors (Lipinski definition) is 1. The van der Waals surface area contributed by atoms with E-state index in [4.69, 9.17) is 4.74 Å². The summed E-state index contributed by atoms with van der Waals surface area (Å²) in [6.45, 7) is 3.20. The van der Waals surface area contributed by atoms with Crippen molar-refractivity contribution in [3.63, 3.8) is 0 Å². The van der Waals surface area contributed by atoms with Gasteiger partial charge in [0, 0.05) is 32.7 Å². The quantitative estimate of drug-likeness (QED) is 0.822. The number of aromatic nitrogens is 3. The van der Waals surface area contributed by atoms with Crippen LogP contribution < -0.4 is 10.1 Å². The first kappa shape index (κ1) is 17.4. The predicted octanol–water partition coefficient (Wildman–Crippen LogP) is 1.36. The maximum atomic E-state index is 12.1. The van der Waals surface area contributed by atoms with Crippen molar-refractivity contribution >= 4 is 5.91 Å². The Kier molecular flexibility index (Phi) is 6.00. The van der Waals surface area contributed by atoms with Gasteiger partial charge in [0.05, 0.1) is 24.9 Å². The summed E-state index contributed by atoms with van der Waals surface area (Å²) in [7, 11) is 1.91. The Morgan fingerprint density at radius 3 is 2.72 bits per heavy atom. The van der Waals surface area contributed by atoms with Gasteiger partial charge in [-0.15, -0.1) is 5.10 Å². The van der Waals surface area contributed by atoms with Gasteiger partial charge in [-0.2, -0.15) is 0 Å². The van der Waals surface area contributed by atoms with Crippen molar-refractivity contribution in [2.24, 2.45) is 7.05 Å². The third-order valence-electron chi connectivity index (χ3n) is 4.49. The molecular formula is C18H25N5O2. The minimum Gasteiger partial charge on any atom is -0.493 e. The molecule has 0 spiro atoms. The van der Waals surface area contributed by atoms with Crippen molar-refractivity contribution in [1.82, 2.24) is 25.2 Å². The molecule has 0 bridgehead atoms. The minimum absolute atomic E-state index is 0.0604. The van der Waals surface area contributed by atoms with E-state index in [1.807, 2.05) is 37.4 Å². The van der Waals surface area contributed by atoms with Crippen molar-refractivity contribution in [3.8, 4) is 5.75 Å². The largest absolute Gasteiger partial charge is 0.493 e. The number of carbonyl (C=O) groups excluding carboxylic acids is 1. The molecule has 1 fully saturated rings. The zero-order chi connectivity index (χ0) is 17.5. The lowest BCUT2D eigenvalue weighted by atomic mass is 10.0. The fourth-order valence-electron chi connectivity index (χ4n) is 3.00. The van der Waals surface area contributed by atoms with Gasteiger partial charge in [0.15, 0.2) is 0 Å².